The minimum atomic E-state index is -0.770. The van der Waals surface area contributed by atoms with E-state index >= 15 is 0 Å². The van der Waals surface area contributed by atoms with Crippen molar-refractivity contribution in [1.82, 2.24) is 4.98 Å². The second kappa shape index (κ2) is 6.24. The highest BCUT2D eigenvalue weighted by molar-refractivity contribution is 9.10. The summed E-state index contributed by atoms with van der Waals surface area (Å²) in [6.45, 7) is 0. The van der Waals surface area contributed by atoms with Crippen LogP contribution in [0.25, 0.3) is 0 Å². The highest BCUT2D eigenvalue weighted by atomic mass is 79.9. The predicted octanol–water partition coefficient (Wildman–Crippen LogP) is 2.94. The molecule has 2 rings (SSSR count). The van der Waals surface area contributed by atoms with Crippen molar-refractivity contribution in [3.8, 4) is 0 Å². The highest BCUT2D eigenvalue weighted by Crippen LogP contribution is 2.37. The van der Waals surface area contributed by atoms with E-state index in [-0.39, 0.29) is 5.92 Å². The van der Waals surface area contributed by atoms with Crippen molar-refractivity contribution in [3.05, 3.63) is 22.8 Å². The summed E-state index contributed by atoms with van der Waals surface area (Å²) in [7, 11) is 0. The molecule has 0 bridgehead atoms. The molecule has 1 heterocycles. The smallest absolute Gasteiger partial charge is 0.306 e. The van der Waals surface area contributed by atoms with Gasteiger partial charge in [-0.2, -0.15) is 0 Å². The van der Waals surface area contributed by atoms with E-state index in [4.69, 9.17) is 5.11 Å². The maximum atomic E-state index is 10.9. The van der Waals surface area contributed by atoms with E-state index in [9.17, 15) is 9.90 Å². The fraction of sp³-hybridized carbons (Fsp3) is 0.538. The van der Waals surface area contributed by atoms with Crippen LogP contribution in [0.5, 0.6) is 0 Å². The summed E-state index contributed by atoms with van der Waals surface area (Å²) < 4.78 is 0.919. The molecule has 0 spiro atoms. The summed E-state index contributed by atoms with van der Waals surface area (Å²) in [6, 6.07) is 3.77. The molecule has 0 amide bonds. The number of carboxylic acid groups (broad SMARTS) is 1. The maximum absolute atomic E-state index is 10.9. The third-order valence-corrected chi connectivity index (χ3v) is 5.65. The summed E-state index contributed by atoms with van der Waals surface area (Å²) in [5, 5.41) is 20.3. The molecule has 1 aromatic heterocycles. The van der Waals surface area contributed by atoms with Gasteiger partial charge < -0.3 is 10.2 Å². The number of pyridine rings is 1. The van der Waals surface area contributed by atoms with E-state index < -0.39 is 11.6 Å². The molecule has 4 nitrogen and oxygen atoms in total. The fourth-order valence-corrected chi connectivity index (χ4v) is 3.86. The Bertz CT molecular complexity index is 461. The summed E-state index contributed by atoms with van der Waals surface area (Å²) in [4.78, 5) is 15.1. The number of aliphatic carboxylic acids is 1. The average molecular weight is 346 g/mol. The average Bonchev–Trinajstić information content (AvgIpc) is 2.38. The molecule has 1 aliphatic rings. The van der Waals surface area contributed by atoms with E-state index in [2.05, 4.69) is 20.9 Å². The monoisotopic (exact) mass is 345 g/mol. The van der Waals surface area contributed by atoms with Gasteiger partial charge in [-0.15, -0.1) is 11.8 Å². The summed E-state index contributed by atoms with van der Waals surface area (Å²) >= 11 is 4.93. The quantitative estimate of drug-likeness (QED) is 0.821. The van der Waals surface area contributed by atoms with Crippen molar-refractivity contribution in [3.63, 3.8) is 0 Å². The van der Waals surface area contributed by atoms with Crippen molar-refractivity contribution >= 4 is 33.7 Å². The second-order valence-corrected chi connectivity index (χ2v) is 6.73. The van der Waals surface area contributed by atoms with Crippen molar-refractivity contribution < 1.29 is 15.0 Å². The lowest BCUT2D eigenvalue weighted by Crippen LogP contribution is -2.38. The third-order valence-electron chi connectivity index (χ3n) is 3.47. The Kier molecular flexibility index (Phi) is 4.86. The number of aromatic nitrogens is 1. The van der Waals surface area contributed by atoms with E-state index in [0.717, 1.165) is 9.50 Å². The topological polar surface area (TPSA) is 70.4 Å². The van der Waals surface area contributed by atoms with Gasteiger partial charge in [0.2, 0.25) is 0 Å². The number of aliphatic hydroxyl groups is 1. The molecule has 1 saturated carbocycles. The largest absolute Gasteiger partial charge is 0.481 e. The lowest BCUT2D eigenvalue weighted by Gasteiger charge is -2.34. The van der Waals surface area contributed by atoms with E-state index in [0.29, 0.717) is 31.4 Å². The van der Waals surface area contributed by atoms with Gasteiger partial charge in [-0.3, -0.25) is 4.79 Å². The Balaban J connectivity index is 1.90. The Hall–Kier alpha value is -0.590. The van der Waals surface area contributed by atoms with Crippen LogP contribution >= 0.6 is 27.7 Å². The van der Waals surface area contributed by atoms with Gasteiger partial charge in [0, 0.05) is 16.4 Å². The van der Waals surface area contributed by atoms with Gasteiger partial charge in [-0.25, -0.2) is 4.98 Å². The molecule has 19 heavy (non-hydrogen) atoms. The van der Waals surface area contributed by atoms with Crippen LogP contribution in [0.2, 0.25) is 0 Å². The van der Waals surface area contributed by atoms with Gasteiger partial charge in [0.1, 0.15) is 5.03 Å². The van der Waals surface area contributed by atoms with Crippen LogP contribution in [0.15, 0.2) is 27.8 Å². The zero-order chi connectivity index (χ0) is 13.9. The molecular weight excluding hydrogens is 330 g/mol. The number of carboxylic acids is 1. The zero-order valence-electron chi connectivity index (χ0n) is 10.4. The number of halogens is 1. The minimum Gasteiger partial charge on any atom is -0.481 e. The van der Waals surface area contributed by atoms with Crippen LogP contribution in [-0.4, -0.2) is 32.5 Å². The van der Waals surface area contributed by atoms with Gasteiger partial charge in [0.25, 0.3) is 0 Å². The Morgan fingerprint density at radius 3 is 2.79 bits per heavy atom. The SMILES string of the molecule is O=C(O)C1CCC(O)(CSc2ncccc2Br)CC1. The minimum absolute atomic E-state index is 0.299. The van der Waals surface area contributed by atoms with Crippen LogP contribution < -0.4 is 0 Å². The number of nitrogens with zero attached hydrogens (tertiary/aromatic N) is 1. The first-order chi connectivity index (χ1) is 9.00. The van der Waals surface area contributed by atoms with Gasteiger partial charge >= 0.3 is 5.97 Å². The molecule has 0 radical (unpaired) electrons. The lowest BCUT2D eigenvalue weighted by molar-refractivity contribution is -0.144. The standard InChI is InChI=1S/C13H16BrNO3S/c14-10-2-1-7-15-11(10)19-8-13(18)5-3-9(4-6-13)12(16)17/h1-2,7,9,18H,3-6,8H2,(H,16,17). The molecule has 0 aromatic carbocycles. The molecule has 0 saturated heterocycles. The van der Waals surface area contributed by atoms with Gasteiger partial charge in [-0.05, 0) is 53.7 Å². The molecule has 0 unspecified atom stereocenters. The molecule has 6 heteroatoms. The molecule has 104 valence electrons. The predicted molar refractivity (Wildman–Crippen MR) is 77.2 cm³/mol. The fourth-order valence-electron chi connectivity index (χ4n) is 2.23. The van der Waals surface area contributed by atoms with Gasteiger partial charge in [-0.1, -0.05) is 0 Å². The first-order valence-corrected chi connectivity index (χ1v) is 7.96. The Morgan fingerprint density at radius 1 is 1.53 bits per heavy atom. The highest BCUT2D eigenvalue weighted by Gasteiger charge is 2.35. The van der Waals surface area contributed by atoms with Crippen molar-refractivity contribution in [2.75, 3.05) is 5.75 Å². The molecule has 1 aromatic rings. The number of hydrogen-bond donors (Lipinski definition) is 2. The Morgan fingerprint density at radius 2 is 2.21 bits per heavy atom. The van der Waals surface area contributed by atoms with Crippen LogP contribution in [0.3, 0.4) is 0 Å². The van der Waals surface area contributed by atoms with E-state index in [1.807, 2.05) is 12.1 Å². The van der Waals surface area contributed by atoms with Gasteiger partial charge in [0.15, 0.2) is 0 Å². The first kappa shape index (κ1) is 14.8. The molecule has 1 fully saturated rings. The van der Waals surface area contributed by atoms with E-state index in [1.54, 1.807) is 6.20 Å². The molecule has 0 aliphatic heterocycles. The summed E-state index contributed by atoms with van der Waals surface area (Å²) in [5.74, 6) is -0.497. The normalized spacial score (nSPS) is 27.2. The maximum Gasteiger partial charge on any atom is 0.306 e. The summed E-state index contributed by atoms with van der Waals surface area (Å²) in [5.41, 5.74) is -0.770. The second-order valence-electron chi connectivity index (χ2n) is 4.92. The number of hydrogen-bond acceptors (Lipinski definition) is 4. The van der Waals surface area contributed by atoms with Crippen molar-refractivity contribution in [2.24, 2.45) is 5.92 Å². The van der Waals surface area contributed by atoms with Crippen LogP contribution in [0.4, 0.5) is 0 Å². The zero-order valence-corrected chi connectivity index (χ0v) is 12.8. The number of thioether (sulfide) groups is 1. The lowest BCUT2D eigenvalue weighted by atomic mass is 9.80. The van der Waals surface area contributed by atoms with E-state index in [1.165, 1.54) is 11.8 Å². The molecular formula is C13H16BrNO3S. The van der Waals surface area contributed by atoms with Crippen LogP contribution in [0.1, 0.15) is 25.7 Å². The van der Waals surface area contributed by atoms with Crippen molar-refractivity contribution in [2.45, 2.75) is 36.3 Å². The van der Waals surface area contributed by atoms with Gasteiger partial charge in [0.05, 0.1) is 11.5 Å². The molecule has 2 N–H and O–H groups in total. The van der Waals surface area contributed by atoms with Crippen LogP contribution in [0, 0.1) is 5.92 Å². The first-order valence-electron chi connectivity index (χ1n) is 6.19. The number of carbonyl (C=O) groups is 1. The Labute approximate surface area is 124 Å². The summed E-state index contributed by atoms with van der Waals surface area (Å²) in [6.07, 6.45) is 3.91. The van der Waals surface area contributed by atoms with Crippen molar-refractivity contribution in [1.29, 1.82) is 0 Å². The molecule has 1 aliphatic carbocycles. The number of rotatable bonds is 4. The van der Waals surface area contributed by atoms with Crippen LogP contribution in [-0.2, 0) is 4.79 Å². The third kappa shape index (κ3) is 3.94. The molecule has 0 atom stereocenters.